The van der Waals surface area contributed by atoms with Gasteiger partial charge in [-0.2, -0.15) is 0 Å². The highest BCUT2D eigenvalue weighted by Crippen LogP contribution is 2.23. The second kappa shape index (κ2) is 7.15. The molecule has 0 aliphatic carbocycles. The van der Waals surface area contributed by atoms with Crippen LogP contribution < -0.4 is 10.1 Å². The zero-order valence-corrected chi connectivity index (χ0v) is 13.7. The van der Waals surface area contributed by atoms with Gasteiger partial charge in [-0.25, -0.2) is 4.98 Å². The SMILES string of the molecule is Cc1ccc(Cl)cc1NC(=O)c1cccc(Oc2ccccn2)c1. The number of carbonyl (C=O) groups excluding carboxylic acids is 1. The third kappa shape index (κ3) is 3.91. The average molecular weight is 339 g/mol. The molecular weight excluding hydrogens is 324 g/mol. The summed E-state index contributed by atoms with van der Waals surface area (Å²) in [6.45, 7) is 1.91. The number of rotatable bonds is 4. The second-order valence-corrected chi connectivity index (χ2v) is 5.65. The molecule has 0 fully saturated rings. The fraction of sp³-hybridized carbons (Fsp3) is 0.0526. The Hall–Kier alpha value is -2.85. The summed E-state index contributed by atoms with van der Waals surface area (Å²) in [6, 6.07) is 17.7. The molecule has 4 nitrogen and oxygen atoms in total. The van der Waals surface area contributed by atoms with E-state index >= 15 is 0 Å². The number of aryl methyl sites for hydroxylation is 1. The lowest BCUT2D eigenvalue weighted by atomic mass is 10.1. The fourth-order valence-corrected chi connectivity index (χ4v) is 2.32. The van der Waals surface area contributed by atoms with Crippen molar-refractivity contribution >= 4 is 23.2 Å². The smallest absolute Gasteiger partial charge is 0.255 e. The molecule has 0 saturated carbocycles. The van der Waals surface area contributed by atoms with Gasteiger partial charge in [0, 0.05) is 28.5 Å². The van der Waals surface area contributed by atoms with E-state index in [0.717, 1.165) is 5.56 Å². The molecule has 0 bridgehead atoms. The van der Waals surface area contributed by atoms with Crippen LogP contribution in [0.1, 0.15) is 15.9 Å². The lowest BCUT2D eigenvalue weighted by Gasteiger charge is -2.10. The Labute approximate surface area is 145 Å². The molecule has 0 spiro atoms. The summed E-state index contributed by atoms with van der Waals surface area (Å²) in [5.41, 5.74) is 2.11. The first kappa shape index (κ1) is 16.0. The molecule has 0 aliphatic heterocycles. The number of anilines is 1. The summed E-state index contributed by atoms with van der Waals surface area (Å²) >= 11 is 5.98. The Morgan fingerprint density at radius 2 is 1.96 bits per heavy atom. The van der Waals surface area contributed by atoms with Crippen molar-refractivity contribution in [2.75, 3.05) is 5.32 Å². The topological polar surface area (TPSA) is 51.2 Å². The van der Waals surface area contributed by atoms with Crippen LogP contribution in [0.2, 0.25) is 5.02 Å². The molecule has 5 heteroatoms. The Morgan fingerprint density at radius 3 is 2.75 bits per heavy atom. The number of nitrogens with one attached hydrogen (secondary N) is 1. The number of hydrogen-bond donors (Lipinski definition) is 1. The Kier molecular flexibility index (Phi) is 4.77. The van der Waals surface area contributed by atoms with E-state index in [1.807, 2.05) is 25.1 Å². The number of carbonyl (C=O) groups is 1. The predicted molar refractivity (Wildman–Crippen MR) is 94.9 cm³/mol. The van der Waals surface area contributed by atoms with E-state index in [1.54, 1.807) is 48.7 Å². The normalized spacial score (nSPS) is 10.2. The van der Waals surface area contributed by atoms with E-state index in [2.05, 4.69) is 10.3 Å². The zero-order chi connectivity index (χ0) is 16.9. The van der Waals surface area contributed by atoms with Crippen LogP contribution in [-0.2, 0) is 0 Å². The summed E-state index contributed by atoms with van der Waals surface area (Å²) in [7, 11) is 0. The molecule has 24 heavy (non-hydrogen) atoms. The van der Waals surface area contributed by atoms with E-state index in [-0.39, 0.29) is 5.91 Å². The van der Waals surface area contributed by atoms with Crippen LogP contribution in [0, 0.1) is 6.92 Å². The zero-order valence-electron chi connectivity index (χ0n) is 13.0. The molecule has 0 unspecified atom stereocenters. The molecule has 1 N–H and O–H groups in total. The minimum absolute atomic E-state index is 0.230. The summed E-state index contributed by atoms with van der Waals surface area (Å²) < 4.78 is 5.65. The summed E-state index contributed by atoms with van der Waals surface area (Å²) in [5.74, 6) is 0.789. The molecule has 120 valence electrons. The van der Waals surface area contributed by atoms with Crippen molar-refractivity contribution in [1.29, 1.82) is 0 Å². The molecule has 0 aliphatic rings. The van der Waals surface area contributed by atoms with E-state index in [9.17, 15) is 4.79 Å². The van der Waals surface area contributed by atoms with Crippen molar-refractivity contribution in [2.45, 2.75) is 6.92 Å². The Balaban J connectivity index is 1.78. The highest BCUT2D eigenvalue weighted by Gasteiger charge is 2.10. The molecule has 1 heterocycles. The first-order valence-corrected chi connectivity index (χ1v) is 7.76. The number of halogens is 1. The lowest BCUT2D eigenvalue weighted by Crippen LogP contribution is -2.12. The molecule has 3 aromatic rings. The van der Waals surface area contributed by atoms with E-state index in [4.69, 9.17) is 16.3 Å². The Bertz CT molecular complexity index is 866. The second-order valence-electron chi connectivity index (χ2n) is 5.21. The summed E-state index contributed by atoms with van der Waals surface area (Å²) in [4.78, 5) is 16.6. The maximum Gasteiger partial charge on any atom is 0.255 e. The van der Waals surface area contributed by atoms with Gasteiger partial charge in [-0.3, -0.25) is 4.79 Å². The van der Waals surface area contributed by atoms with Crippen LogP contribution in [0.15, 0.2) is 66.9 Å². The standard InChI is InChI=1S/C19H15ClN2O2/c1-13-8-9-15(20)12-17(13)22-19(23)14-5-4-6-16(11-14)24-18-7-2-3-10-21-18/h2-12H,1H3,(H,22,23). The molecule has 1 amide bonds. The van der Waals surface area contributed by atoms with Crippen molar-refractivity contribution in [3.05, 3.63) is 83.0 Å². The third-order valence-corrected chi connectivity index (χ3v) is 3.64. The van der Waals surface area contributed by atoms with Gasteiger partial charge in [0.15, 0.2) is 0 Å². The average Bonchev–Trinajstić information content (AvgIpc) is 2.59. The van der Waals surface area contributed by atoms with Crippen LogP contribution in [0.5, 0.6) is 11.6 Å². The number of pyridine rings is 1. The maximum atomic E-state index is 12.5. The number of amides is 1. The summed E-state index contributed by atoms with van der Waals surface area (Å²) in [6.07, 6.45) is 1.65. The molecule has 3 rings (SSSR count). The molecule has 1 aromatic heterocycles. The number of ether oxygens (including phenoxy) is 1. The Morgan fingerprint density at radius 1 is 1.08 bits per heavy atom. The first-order valence-electron chi connectivity index (χ1n) is 7.38. The molecule has 0 atom stereocenters. The quantitative estimate of drug-likeness (QED) is 0.721. The van der Waals surface area contributed by atoms with Gasteiger partial charge in [0.1, 0.15) is 5.75 Å². The van der Waals surface area contributed by atoms with Gasteiger partial charge < -0.3 is 10.1 Å². The van der Waals surface area contributed by atoms with Gasteiger partial charge >= 0.3 is 0 Å². The molecular formula is C19H15ClN2O2. The van der Waals surface area contributed by atoms with Crippen molar-refractivity contribution in [3.63, 3.8) is 0 Å². The van der Waals surface area contributed by atoms with Crippen molar-refractivity contribution < 1.29 is 9.53 Å². The van der Waals surface area contributed by atoms with Crippen LogP contribution >= 0.6 is 11.6 Å². The number of benzene rings is 2. The van der Waals surface area contributed by atoms with Crippen molar-refractivity contribution in [3.8, 4) is 11.6 Å². The van der Waals surface area contributed by atoms with Crippen molar-refractivity contribution in [2.24, 2.45) is 0 Å². The van der Waals surface area contributed by atoms with E-state index < -0.39 is 0 Å². The van der Waals surface area contributed by atoms with Gasteiger partial charge in [-0.15, -0.1) is 0 Å². The highest BCUT2D eigenvalue weighted by molar-refractivity contribution is 6.31. The van der Waals surface area contributed by atoms with E-state index in [1.165, 1.54) is 0 Å². The largest absolute Gasteiger partial charge is 0.439 e. The van der Waals surface area contributed by atoms with Crippen molar-refractivity contribution in [1.82, 2.24) is 4.98 Å². The van der Waals surface area contributed by atoms with Gasteiger partial charge in [0.25, 0.3) is 5.91 Å². The van der Waals surface area contributed by atoms with Gasteiger partial charge in [-0.1, -0.05) is 29.8 Å². The maximum absolute atomic E-state index is 12.5. The number of hydrogen-bond acceptors (Lipinski definition) is 3. The molecule has 0 radical (unpaired) electrons. The number of nitrogens with zero attached hydrogens (tertiary/aromatic N) is 1. The van der Waals surface area contributed by atoms with Crippen LogP contribution in [0.25, 0.3) is 0 Å². The van der Waals surface area contributed by atoms with Crippen LogP contribution in [0.3, 0.4) is 0 Å². The van der Waals surface area contributed by atoms with Gasteiger partial charge in [0.05, 0.1) is 0 Å². The number of aromatic nitrogens is 1. The highest BCUT2D eigenvalue weighted by atomic mass is 35.5. The minimum atomic E-state index is -0.230. The minimum Gasteiger partial charge on any atom is -0.439 e. The first-order chi connectivity index (χ1) is 11.6. The molecule has 0 saturated heterocycles. The van der Waals surface area contributed by atoms with Gasteiger partial charge in [-0.05, 0) is 48.9 Å². The van der Waals surface area contributed by atoms with E-state index in [0.29, 0.717) is 27.9 Å². The molecule has 2 aromatic carbocycles. The predicted octanol–water partition coefficient (Wildman–Crippen LogP) is 5.09. The van der Waals surface area contributed by atoms with Gasteiger partial charge in [0.2, 0.25) is 5.88 Å². The monoisotopic (exact) mass is 338 g/mol. The summed E-state index contributed by atoms with van der Waals surface area (Å²) in [5, 5.41) is 3.44. The fourth-order valence-electron chi connectivity index (χ4n) is 2.15. The van der Waals surface area contributed by atoms with Crippen LogP contribution in [-0.4, -0.2) is 10.9 Å². The lowest BCUT2D eigenvalue weighted by molar-refractivity contribution is 0.102. The van der Waals surface area contributed by atoms with Crippen LogP contribution in [0.4, 0.5) is 5.69 Å². The third-order valence-electron chi connectivity index (χ3n) is 3.40.